The molecular formula is C16H20N6O2. The Bertz CT molecular complexity index is 836. The van der Waals surface area contributed by atoms with Gasteiger partial charge in [-0.15, -0.1) is 0 Å². The van der Waals surface area contributed by atoms with Crippen molar-refractivity contribution in [3.05, 3.63) is 40.3 Å². The van der Waals surface area contributed by atoms with E-state index in [1.807, 2.05) is 6.07 Å². The summed E-state index contributed by atoms with van der Waals surface area (Å²) in [5.74, 6) is 1.25. The zero-order valence-electron chi connectivity index (χ0n) is 13.5. The number of hydrazone groups is 1. The van der Waals surface area contributed by atoms with Gasteiger partial charge in [0.05, 0.1) is 6.21 Å². The molecule has 24 heavy (non-hydrogen) atoms. The molecule has 8 nitrogen and oxygen atoms in total. The van der Waals surface area contributed by atoms with Crippen LogP contribution in [0.2, 0.25) is 0 Å². The second kappa shape index (κ2) is 6.69. The van der Waals surface area contributed by atoms with Crippen molar-refractivity contribution in [2.45, 2.75) is 19.8 Å². The molecule has 0 radical (unpaired) electrons. The number of anilines is 1. The molecule has 0 atom stereocenters. The van der Waals surface area contributed by atoms with Crippen LogP contribution in [0, 0.1) is 5.92 Å². The SMILES string of the molecule is CC1CCN(c2nc3ccccn3c(=O)c2/C=N/NC(N)=O)CC1. The van der Waals surface area contributed by atoms with Gasteiger partial charge in [-0.25, -0.2) is 15.2 Å². The first kappa shape index (κ1) is 16.0. The van der Waals surface area contributed by atoms with Crippen molar-refractivity contribution in [2.75, 3.05) is 18.0 Å². The molecule has 3 rings (SSSR count). The maximum absolute atomic E-state index is 12.8. The predicted molar refractivity (Wildman–Crippen MR) is 92.4 cm³/mol. The Labute approximate surface area is 139 Å². The van der Waals surface area contributed by atoms with E-state index in [4.69, 9.17) is 5.73 Å². The van der Waals surface area contributed by atoms with Crippen molar-refractivity contribution < 1.29 is 4.79 Å². The minimum Gasteiger partial charge on any atom is -0.356 e. The van der Waals surface area contributed by atoms with Gasteiger partial charge in [0.1, 0.15) is 17.0 Å². The summed E-state index contributed by atoms with van der Waals surface area (Å²) in [6, 6.07) is 4.61. The second-order valence-electron chi connectivity index (χ2n) is 5.99. The molecule has 2 aromatic heterocycles. The molecule has 1 aliphatic rings. The van der Waals surface area contributed by atoms with E-state index in [0.29, 0.717) is 22.9 Å². The smallest absolute Gasteiger partial charge is 0.332 e. The lowest BCUT2D eigenvalue weighted by Gasteiger charge is -2.32. The summed E-state index contributed by atoms with van der Waals surface area (Å²) in [5, 5.41) is 3.75. The zero-order chi connectivity index (χ0) is 17.1. The van der Waals surface area contributed by atoms with Gasteiger partial charge in [0.2, 0.25) is 0 Å². The summed E-state index contributed by atoms with van der Waals surface area (Å²) < 4.78 is 1.46. The van der Waals surface area contributed by atoms with Gasteiger partial charge in [0.25, 0.3) is 5.56 Å². The fraction of sp³-hybridized carbons (Fsp3) is 0.375. The monoisotopic (exact) mass is 328 g/mol. The number of rotatable bonds is 3. The lowest BCUT2D eigenvalue weighted by atomic mass is 9.99. The predicted octanol–water partition coefficient (Wildman–Crippen LogP) is 0.933. The van der Waals surface area contributed by atoms with Gasteiger partial charge in [-0.3, -0.25) is 9.20 Å². The largest absolute Gasteiger partial charge is 0.356 e. The maximum Gasteiger partial charge on any atom is 0.332 e. The van der Waals surface area contributed by atoms with Crippen LogP contribution in [0.1, 0.15) is 25.3 Å². The summed E-state index contributed by atoms with van der Waals surface area (Å²) in [6.45, 7) is 3.89. The van der Waals surface area contributed by atoms with Crippen LogP contribution in [0.25, 0.3) is 5.65 Å². The molecule has 0 unspecified atom stereocenters. The first-order chi connectivity index (χ1) is 11.6. The van der Waals surface area contributed by atoms with E-state index in [9.17, 15) is 9.59 Å². The van der Waals surface area contributed by atoms with Crippen molar-refractivity contribution in [1.29, 1.82) is 0 Å². The molecule has 126 valence electrons. The van der Waals surface area contributed by atoms with Crippen LogP contribution in [-0.2, 0) is 0 Å². The number of pyridine rings is 1. The summed E-state index contributed by atoms with van der Waals surface area (Å²) in [4.78, 5) is 30.3. The lowest BCUT2D eigenvalue weighted by Crippen LogP contribution is -2.36. The fourth-order valence-electron chi connectivity index (χ4n) is 2.83. The van der Waals surface area contributed by atoms with Crippen LogP contribution >= 0.6 is 0 Å². The number of nitrogens with one attached hydrogen (secondary N) is 1. The number of urea groups is 1. The van der Waals surface area contributed by atoms with E-state index < -0.39 is 6.03 Å². The van der Waals surface area contributed by atoms with Gasteiger partial charge in [0, 0.05) is 19.3 Å². The molecule has 3 N–H and O–H groups in total. The highest BCUT2D eigenvalue weighted by atomic mass is 16.2. The number of primary amides is 1. The molecule has 1 aliphatic heterocycles. The van der Waals surface area contributed by atoms with E-state index in [2.05, 4.69) is 27.3 Å². The Morgan fingerprint density at radius 3 is 2.88 bits per heavy atom. The van der Waals surface area contributed by atoms with E-state index in [1.54, 1.807) is 18.3 Å². The number of nitrogens with two attached hydrogens (primary N) is 1. The first-order valence-electron chi connectivity index (χ1n) is 7.91. The Hall–Kier alpha value is -2.90. The number of aromatic nitrogens is 2. The molecule has 2 aromatic rings. The molecule has 1 saturated heterocycles. The molecule has 0 aliphatic carbocycles. The van der Waals surface area contributed by atoms with Crippen LogP contribution in [0.4, 0.5) is 10.6 Å². The highest BCUT2D eigenvalue weighted by Gasteiger charge is 2.21. The highest BCUT2D eigenvalue weighted by molar-refractivity contribution is 5.87. The minimum absolute atomic E-state index is 0.232. The van der Waals surface area contributed by atoms with E-state index in [1.165, 1.54) is 10.6 Å². The van der Waals surface area contributed by atoms with Crippen molar-refractivity contribution >= 4 is 23.7 Å². The molecule has 0 spiro atoms. The molecule has 8 heteroatoms. The third-order valence-electron chi connectivity index (χ3n) is 4.20. The third kappa shape index (κ3) is 3.22. The van der Waals surface area contributed by atoms with Crippen LogP contribution in [0.5, 0.6) is 0 Å². The number of nitrogens with zero attached hydrogens (tertiary/aromatic N) is 4. The maximum atomic E-state index is 12.8. The standard InChI is InChI=1S/C16H20N6O2/c1-11-5-8-21(9-6-11)14-12(10-18-20-16(17)24)15(23)22-7-3-2-4-13(22)19-14/h2-4,7,10-11H,5-6,8-9H2,1H3,(H3,17,20,24)/b18-10+. The van der Waals surface area contributed by atoms with Crippen molar-refractivity contribution in [1.82, 2.24) is 14.8 Å². The Balaban J connectivity index is 2.08. The lowest BCUT2D eigenvalue weighted by molar-refractivity contribution is 0.249. The van der Waals surface area contributed by atoms with Crippen molar-refractivity contribution in [2.24, 2.45) is 16.8 Å². The number of carbonyl (C=O) groups is 1. The van der Waals surface area contributed by atoms with Crippen LogP contribution in [0.15, 0.2) is 34.3 Å². The van der Waals surface area contributed by atoms with Gasteiger partial charge in [0.15, 0.2) is 0 Å². The van der Waals surface area contributed by atoms with Gasteiger partial charge in [-0.2, -0.15) is 5.10 Å². The highest BCUT2D eigenvalue weighted by Crippen LogP contribution is 2.23. The average Bonchev–Trinajstić information content (AvgIpc) is 2.57. The normalized spacial score (nSPS) is 16.0. The number of hydrogen-bond acceptors (Lipinski definition) is 5. The van der Waals surface area contributed by atoms with E-state index in [0.717, 1.165) is 25.9 Å². The Morgan fingerprint density at radius 2 is 2.17 bits per heavy atom. The molecule has 0 saturated carbocycles. The van der Waals surface area contributed by atoms with Crippen molar-refractivity contribution in [3.8, 4) is 0 Å². The van der Waals surface area contributed by atoms with Crippen LogP contribution < -0.4 is 21.6 Å². The van der Waals surface area contributed by atoms with Gasteiger partial charge >= 0.3 is 6.03 Å². The number of piperidine rings is 1. The average molecular weight is 328 g/mol. The van der Waals surface area contributed by atoms with Crippen molar-refractivity contribution in [3.63, 3.8) is 0 Å². The fourth-order valence-corrected chi connectivity index (χ4v) is 2.83. The number of fused-ring (bicyclic) bond motifs is 1. The van der Waals surface area contributed by atoms with Gasteiger partial charge in [-0.1, -0.05) is 13.0 Å². The second-order valence-corrected chi connectivity index (χ2v) is 5.99. The minimum atomic E-state index is -0.784. The number of hydrogen-bond donors (Lipinski definition) is 2. The molecule has 2 amide bonds. The third-order valence-corrected chi connectivity index (χ3v) is 4.20. The number of amides is 2. The van der Waals surface area contributed by atoms with Gasteiger partial charge in [-0.05, 0) is 30.9 Å². The summed E-state index contributed by atoms with van der Waals surface area (Å²) in [5.41, 5.74) is 7.81. The molecular weight excluding hydrogens is 308 g/mol. The van der Waals surface area contributed by atoms with E-state index >= 15 is 0 Å². The zero-order valence-corrected chi connectivity index (χ0v) is 13.5. The quantitative estimate of drug-likeness (QED) is 0.646. The van der Waals surface area contributed by atoms with E-state index in [-0.39, 0.29) is 5.56 Å². The summed E-state index contributed by atoms with van der Waals surface area (Å²) >= 11 is 0. The molecule has 1 fully saturated rings. The molecule has 0 bridgehead atoms. The Morgan fingerprint density at radius 1 is 1.42 bits per heavy atom. The molecule has 3 heterocycles. The summed E-state index contributed by atoms with van der Waals surface area (Å²) in [7, 11) is 0. The van der Waals surface area contributed by atoms with Crippen LogP contribution in [-0.4, -0.2) is 34.7 Å². The Kier molecular flexibility index (Phi) is 4.45. The number of carbonyl (C=O) groups excluding carboxylic acids is 1. The molecule has 0 aromatic carbocycles. The van der Waals surface area contributed by atoms with Crippen LogP contribution in [0.3, 0.4) is 0 Å². The van der Waals surface area contributed by atoms with Gasteiger partial charge < -0.3 is 10.6 Å². The topological polar surface area (TPSA) is 105 Å². The summed E-state index contributed by atoms with van der Waals surface area (Å²) in [6.07, 6.45) is 5.07. The first-order valence-corrected chi connectivity index (χ1v) is 7.91.